The lowest BCUT2D eigenvalue weighted by molar-refractivity contribution is -0.140. The molecule has 0 radical (unpaired) electrons. The van der Waals surface area contributed by atoms with Crippen LogP contribution in [0.5, 0.6) is 28.7 Å². The van der Waals surface area contributed by atoms with Gasteiger partial charge >= 0.3 is 5.97 Å². The lowest BCUT2D eigenvalue weighted by Gasteiger charge is -2.22. The van der Waals surface area contributed by atoms with Gasteiger partial charge in [0.05, 0.1) is 27.8 Å². The fourth-order valence-corrected chi connectivity index (χ4v) is 4.15. The number of fused-ring (bicyclic) bond motifs is 1. The summed E-state index contributed by atoms with van der Waals surface area (Å²) >= 11 is 0. The van der Waals surface area contributed by atoms with Gasteiger partial charge in [0.25, 0.3) is 0 Å². The summed E-state index contributed by atoms with van der Waals surface area (Å²) in [6, 6.07) is 14.1. The van der Waals surface area contributed by atoms with Crippen LogP contribution in [0.15, 0.2) is 63.8 Å². The first kappa shape index (κ1) is 24.5. The van der Waals surface area contributed by atoms with Crippen LogP contribution in [0.3, 0.4) is 0 Å². The van der Waals surface area contributed by atoms with Crippen LogP contribution in [0.4, 0.5) is 0 Å². The van der Waals surface area contributed by atoms with E-state index < -0.39 is 28.8 Å². The van der Waals surface area contributed by atoms with Crippen LogP contribution < -0.4 is 14.9 Å². The average molecular weight is 492 g/mol. The molecular formula is C27H24O9. The van der Waals surface area contributed by atoms with Crippen molar-refractivity contribution < 1.29 is 38.7 Å². The number of hydrogen-bond acceptors (Lipinski definition) is 9. The van der Waals surface area contributed by atoms with Crippen molar-refractivity contribution in [2.45, 2.75) is 12.3 Å². The largest absolute Gasteiger partial charge is 0.507 e. The van der Waals surface area contributed by atoms with Crippen LogP contribution in [0.25, 0.3) is 22.3 Å². The second-order valence-electron chi connectivity index (χ2n) is 7.98. The minimum atomic E-state index is -0.946. The third-order valence-corrected chi connectivity index (χ3v) is 5.91. The van der Waals surface area contributed by atoms with Crippen LogP contribution in [0.2, 0.25) is 0 Å². The summed E-state index contributed by atoms with van der Waals surface area (Å²) in [5.74, 6) is -2.37. The molecule has 0 bridgehead atoms. The Morgan fingerprint density at radius 3 is 2.14 bits per heavy atom. The molecule has 36 heavy (non-hydrogen) atoms. The van der Waals surface area contributed by atoms with Crippen molar-refractivity contribution in [2.75, 3.05) is 21.3 Å². The summed E-state index contributed by atoms with van der Waals surface area (Å²) in [5, 5.41) is 31.7. The fourth-order valence-electron chi connectivity index (χ4n) is 4.15. The lowest BCUT2D eigenvalue weighted by Crippen LogP contribution is -2.13. The average Bonchev–Trinajstić information content (AvgIpc) is 2.88. The number of hydrogen-bond donors (Lipinski definition) is 3. The van der Waals surface area contributed by atoms with Gasteiger partial charge in [-0.15, -0.1) is 0 Å². The van der Waals surface area contributed by atoms with Crippen molar-refractivity contribution in [3.8, 4) is 40.1 Å². The van der Waals surface area contributed by atoms with Gasteiger partial charge in [0, 0.05) is 29.2 Å². The number of benzene rings is 3. The van der Waals surface area contributed by atoms with Gasteiger partial charge in [0.1, 0.15) is 28.2 Å². The number of carbonyl (C=O) groups is 1. The van der Waals surface area contributed by atoms with Crippen molar-refractivity contribution in [1.82, 2.24) is 0 Å². The summed E-state index contributed by atoms with van der Waals surface area (Å²) in [6.45, 7) is 0. The minimum Gasteiger partial charge on any atom is -0.507 e. The lowest BCUT2D eigenvalue weighted by atomic mass is 9.86. The summed E-state index contributed by atoms with van der Waals surface area (Å²) in [6.07, 6.45) is -0.277. The fraction of sp³-hybridized carbons (Fsp3) is 0.185. The van der Waals surface area contributed by atoms with E-state index >= 15 is 0 Å². The monoisotopic (exact) mass is 492 g/mol. The molecule has 4 aromatic rings. The Kier molecular flexibility index (Phi) is 6.73. The molecule has 0 saturated carbocycles. The maximum absolute atomic E-state index is 13.1. The molecule has 0 aliphatic rings. The molecule has 4 rings (SSSR count). The molecule has 0 unspecified atom stereocenters. The first-order valence-electron chi connectivity index (χ1n) is 10.9. The van der Waals surface area contributed by atoms with Gasteiger partial charge in [0.2, 0.25) is 5.75 Å². The van der Waals surface area contributed by atoms with Crippen molar-refractivity contribution in [3.05, 3.63) is 75.9 Å². The topological polar surface area (TPSA) is 136 Å². The smallest absolute Gasteiger partial charge is 0.306 e. The van der Waals surface area contributed by atoms with Gasteiger partial charge in [-0.25, -0.2) is 0 Å². The van der Waals surface area contributed by atoms with Crippen molar-refractivity contribution in [2.24, 2.45) is 0 Å². The van der Waals surface area contributed by atoms with E-state index in [1.165, 1.54) is 39.5 Å². The summed E-state index contributed by atoms with van der Waals surface area (Å²) in [5.41, 5.74) is 0.424. The van der Waals surface area contributed by atoms with E-state index in [-0.39, 0.29) is 46.0 Å². The van der Waals surface area contributed by atoms with E-state index in [4.69, 9.17) is 18.6 Å². The zero-order valence-electron chi connectivity index (χ0n) is 19.8. The van der Waals surface area contributed by atoms with Crippen LogP contribution in [-0.4, -0.2) is 42.6 Å². The quantitative estimate of drug-likeness (QED) is 0.323. The van der Waals surface area contributed by atoms with Gasteiger partial charge in [-0.1, -0.05) is 30.3 Å². The molecule has 0 fully saturated rings. The predicted molar refractivity (Wildman–Crippen MR) is 131 cm³/mol. The molecule has 0 amide bonds. The molecule has 3 aromatic carbocycles. The number of methoxy groups -OCH3 is 3. The highest BCUT2D eigenvalue weighted by atomic mass is 16.5. The molecule has 0 saturated heterocycles. The number of phenolic OH excluding ortho intramolecular Hbond substituents is 3. The molecule has 9 heteroatoms. The Morgan fingerprint density at radius 1 is 0.917 bits per heavy atom. The van der Waals surface area contributed by atoms with Crippen molar-refractivity contribution >= 4 is 16.9 Å². The van der Waals surface area contributed by atoms with Gasteiger partial charge < -0.3 is 33.9 Å². The molecule has 3 N–H and O–H groups in total. The number of ether oxygens (including phenoxy) is 3. The van der Waals surface area contributed by atoms with Crippen LogP contribution in [0, 0.1) is 0 Å². The van der Waals surface area contributed by atoms with Crippen LogP contribution in [-0.2, 0) is 9.53 Å². The summed E-state index contributed by atoms with van der Waals surface area (Å²) in [4.78, 5) is 25.5. The van der Waals surface area contributed by atoms with E-state index in [0.29, 0.717) is 11.1 Å². The second kappa shape index (κ2) is 9.91. The van der Waals surface area contributed by atoms with Crippen molar-refractivity contribution in [3.63, 3.8) is 0 Å². The maximum Gasteiger partial charge on any atom is 0.306 e. The Balaban J connectivity index is 2.07. The van der Waals surface area contributed by atoms with Gasteiger partial charge in [0.15, 0.2) is 16.9 Å². The third-order valence-electron chi connectivity index (χ3n) is 5.91. The first-order chi connectivity index (χ1) is 17.3. The zero-order valence-corrected chi connectivity index (χ0v) is 19.8. The molecule has 0 aliphatic carbocycles. The van der Waals surface area contributed by atoms with Gasteiger partial charge in [-0.05, 0) is 17.7 Å². The third kappa shape index (κ3) is 4.38. The number of esters is 1. The van der Waals surface area contributed by atoms with E-state index in [2.05, 4.69) is 0 Å². The SMILES string of the molecule is COC(=O)C[C@H](c1cc(OC)c(O)c(OC)c1)c1c(O)cc(O)c2c(=O)cc(-c3ccccc3)oc12. The zero-order chi connectivity index (χ0) is 26.0. The number of aromatic hydroxyl groups is 3. The standard InChI is InChI=1S/C27H24O9/c1-33-21-9-15(10-22(34-2)26(21)32)16(11-23(31)35-3)24-17(28)12-18(29)25-19(30)13-20(36-27(24)25)14-7-5-4-6-8-14/h4-10,12-13,16,28-29,32H,11H2,1-3H3/t16-/m1/s1. The van der Waals surface area contributed by atoms with E-state index in [1.54, 1.807) is 24.3 Å². The molecule has 186 valence electrons. The Morgan fingerprint density at radius 2 is 1.56 bits per heavy atom. The van der Waals surface area contributed by atoms with Gasteiger partial charge in [-0.2, -0.15) is 0 Å². The summed E-state index contributed by atoms with van der Waals surface area (Å²) in [7, 11) is 3.93. The van der Waals surface area contributed by atoms with Crippen molar-refractivity contribution in [1.29, 1.82) is 0 Å². The Bertz CT molecular complexity index is 1460. The second-order valence-corrected chi connectivity index (χ2v) is 7.98. The Labute approximate surface area is 205 Å². The highest BCUT2D eigenvalue weighted by Crippen LogP contribution is 2.46. The molecular weight excluding hydrogens is 468 g/mol. The molecule has 1 heterocycles. The van der Waals surface area contributed by atoms with Crippen LogP contribution >= 0.6 is 0 Å². The van der Waals surface area contributed by atoms with E-state index in [9.17, 15) is 24.9 Å². The molecule has 9 nitrogen and oxygen atoms in total. The number of carbonyl (C=O) groups excluding carboxylic acids is 1. The normalized spacial score (nSPS) is 11.8. The molecule has 1 aromatic heterocycles. The van der Waals surface area contributed by atoms with Crippen LogP contribution in [0.1, 0.15) is 23.5 Å². The summed E-state index contributed by atoms with van der Waals surface area (Å²) < 4.78 is 21.5. The highest BCUT2D eigenvalue weighted by molar-refractivity contribution is 5.90. The highest BCUT2D eigenvalue weighted by Gasteiger charge is 2.30. The number of rotatable bonds is 7. The minimum absolute atomic E-state index is 0.0632. The maximum atomic E-state index is 13.1. The predicted octanol–water partition coefficient (Wildman–Crippen LogP) is 4.29. The van der Waals surface area contributed by atoms with E-state index in [1.807, 2.05) is 6.07 Å². The molecule has 1 atom stereocenters. The Hall–Kier alpha value is -4.66. The molecule has 0 spiro atoms. The van der Waals surface area contributed by atoms with Gasteiger partial charge in [-0.3, -0.25) is 9.59 Å². The first-order valence-corrected chi connectivity index (χ1v) is 10.9. The number of phenols is 3. The van der Waals surface area contributed by atoms with E-state index in [0.717, 1.165) is 6.07 Å². The molecule has 0 aliphatic heterocycles.